The third-order valence-electron chi connectivity index (χ3n) is 2.90. The van der Waals surface area contributed by atoms with Gasteiger partial charge in [0, 0.05) is 16.6 Å². The summed E-state index contributed by atoms with van der Waals surface area (Å²) in [5.41, 5.74) is 0.631. The lowest BCUT2D eigenvalue weighted by Crippen LogP contribution is -2.28. The van der Waals surface area contributed by atoms with Gasteiger partial charge >= 0.3 is 0 Å². The molecule has 2 rings (SSSR count). The number of ketones is 1. The van der Waals surface area contributed by atoms with Crippen LogP contribution >= 0.6 is 23.4 Å². The predicted molar refractivity (Wildman–Crippen MR) is 78.9 cm³/mol. The van der Waals surface area contributed by atoms with Gasteiger partial charge in [0.25, 0.3) is 0 Å². The summed E-state index contributed by atoms with van der Waals surface area (Å²) in [4.78, 5) is 23.6. The molecule has 1 saturated carbocycles. The first-order chi connectivity index (χ1) is 9.06. The fourth-order valence-corrected chi connectivity index (χ4v) is 2.52. The van der Waals surface area contributed by atoms with Gasteiger partial charge in [0.05, 0.1) is 11.0 Å². The van der Waals surface area contributed by atoms with E-state index in [-0.39, 0.29) is 16.9 Å². The van der Waals surface area contributed by atoms with Crippen LogP contribution in [0.25, 0.3) is 0 Å². The molecule has 0 bridgehead atoms. The highest BCUT2D eigenvalue weighted by molar-refractivity contribution is 8.01. The Morgan fingerprint density at radius 3 is 2.58 bits per heavy atom. The molecule has 0 spiro atoms. The minimum Gasteiger partial charge on any atom is -0.353 e. The Morgan fingerprint density at radius 2 is 2.00 bits per heavy atom. The van der Waals surface area contributed by atoms with Crippen molar-refractivity contribution < 1.29 is 9.59 Å². The summed E-state index contributed by atoms with van der Waals surface area (Å²) in [5, 5.41) is 3.29. The number of Topliss-reactive ketones (excluding diaryl/α,β-unsaturated/α-hetero) is 1. The van der Waals surface area contributed by atoms with Gasteiger partial charge < -0.3 is 5.32 Å². The summed E-state index contributed by atoms with van der Waals surface area (Å²) in [6, 6.07) is 7.20. The molecular formula is C14H16ClNO2S. The molecule has 3 nitrogen and oxygen atoms in total. The number of carbonyl (C=O) groups is 2. The highest BCUT2D eigenvalue weighted by Gasteiger charge is 2.24. The van der Waals surface area contributed by atoms with Crippen LogP contribution < -0.4 is 5.32 Å². The molecule has 5 heteroatoms. The monoisotopic (exact) mass is 297 g/mol. The minimum absolute atomic E-state index is 0.0169. The molecule has 1 amide bonds. The fourth-order valence-electron chi connectivity index (χ4n) is 1.62. The number of nitrogens with one attached hydrogen (secondary N) is 1. The SMILES string of the molecule is CC(SCC(=O)NC1CC1)C(=O)c1ccc(Cl)cc1. The van der Waals surface area contributed by atoms with Gasteiger partial charge in [-0.25, -0.2) is 0 Å². The van der Waals surface area contributed by atoms with Crippen molar-refractivity contribution in [2.45, 2.75) is 31.1 Å². The zero-order chi connectivity index (χ0) is 13.8. The van der Waals surface area contributed by atoms with Crippen molar-refractivity contribution >= 4 is 35.1 Å². The third kappa shape index (κ3) is 4.55. The fraction of sp³-hybridized carbons (Fsp3) is 0.429. The molecule has 19 heavy (non-hydrogen) atoms. The van der Waals surface area contributed by atoms with Gasteiger partial charge in [-0.05, 0) is 44.0 Å². The number of hydrogen-bond acceptors (Lipinski definition) is 3. The third-order valence-corrected chi connectivity index (χ3v) is 4.30. The summed E-state index contributed by atoms with van der Waals surface area (Å²) >= 11 is 7.15. The van der Waals surface area contributed by atoms with Crippen molar-refractivity contribution in [2.75, 3.05) is 5.75 Å². The first kappa shape index (κ1) is 14.4. The van der Waals surface area contributed by atoms with Crippen molar-refractivity contribution in [3.63, 3.8) is 0 Å². The van der Waals surface area contributed by atoms with Crippen LogP contribution in [0.2, 0.25) is 5.02 Å². The number of hydrogen-bond donors (Lipinski definition) is 1. The Hall–Kier alpha value is -1.00. The van der Waals surface area contributed by atoms with E-state index in [2.05, 4.69) is 5.32 Å². The lowest BCUT2D eigenvalue weighted by molar-refractivity contribution is -0.118. The second kappa shape index (κ2) is 6.44. The van der Waals surface area contributed by atoms with E-state index in [1.165, 1.54) is 11.8 Å². The number of rotatable bonds is 6. The van der Waals surface area contributed by atoms with Gasteiger partial charge in [-0.15, -0.1) is 11.8 Å². The van der Waals surface area contributed by atoms with E-state index in [4.69, 9.17) is 11.6 Å². The van der Waals surface area contributed by atoms with E-state index in [1.807, 2.05) is 6.92 Å². The van der Waals surface area contributed by atoms with Crippen LogP contribution in [0.15, 0.2) is 24.3 Å². The number of carbonyl (C=O) groups excluding carboxylic acids is 2. The maximum absolute atomic E-state index is 12.1. The molecule has 102 valence electrons. The Morgan fingerprint density at radius 1 is 1.37 bits per heavy atom. The van der Waals surface area contributed by atoms with Crippen LogP contribution in [-0.4, -0.2) is 28.7 Å². The van der Waals surface area contributed by atoms with Crippen LogP contribution in [-0.2, 0) is 4.79 Å². The van der Waals surface area contributed by atoms with Gasteiger partial charge in [-0.1, -0.05) is 11.6 Å². The molecule has 1 fully saturated rings. The zero-order valence-corrected chi connectivity index (χ0v) is 12.3. The van der Waals surface area contributed by atoms with Crippen LogP contribution in [0, 0.1) is 0 Å². The van der Waals surface area contributed by atoms with Crippen LogP contribution in [0.3, 0.4) is 0 Å². The van der Waals surface area contributed by atoms with Crippen molar-refractivity contribution in [1.29, 1.82) is 0 Å². The summed E-state index contributed by atoms with van der Waals surface area (Å²) in [6.45, 7) is 1.83. The Labute approximate surface area is 122 Å². The molecule has 0 saturated heterocycles. The van der Waals surface area contributed by atoms with Crippen molar-refractivity contribution in [2.24, 2.45) is 0 Å². The maximum atomic E-state index is 12.1. The van der Waals surface area contributed by atoms with Crippen LogP contribution in [0.4, 0.5) is 0 Å². The Bertz CT molecular complexity index is 471. The van der Waals surface area contributed by atoms with Gasteiger partial charge in [0.2, 0.25) is 5.91 Å². The van der Waals surface area contributed by atoms with E-state index >= 15 is 0 Å². The van der Waals surface area contributed by atoms with E-state index in [0.29, 0.717) is 22.4 Å². The van der Waals surface area contributed by atoms with Crippen molar-refractivity contribution in [1.82, 2.24) is 5.32 Å². The molecule has 0 aliphatic heterocycles. The Balaban J connectivity index is 1.81. The van der Waals surface area contributed by atoms with E-state index in [9.17, 15) is 9.59 Å². The predicted octanol–water partition coefficient (Wildman–Crippen LogP) is 2.92. The quantitative estimate of drug-likeness (QED) is 0.821. The number of benzene rings is 1. The van der Waals surface area contributed by atoms with Crippen molar-refractivity contribution in [3.05, 3.63) is 34.9 Å². The topological polar surface area (TPSA) is 46.2 Å². The summed E-state index contributed by atoms with van der Waals surface area (Å²) < 4.78 is 0. The molecule has 1 aromatic rings. The van der Waals surface area contributed by atoms with E-state index in [0.717, 1.165) is 12.8 Å². The minimum atomic E-state index is -0.230. The van der Waals surface area contributed by atoms with Gasteiger partial charge in [0.1, 0.15) is 0 Å². The highest BCUT2D eigenvalue weighted by atomic mass is 35.5. The summed E-state index contributed by atoms with van der Waals surface area (Å²) in [5.74, 6) is 0.376. The van der Waals surface area contributed by atoms with E-state index in [1.54, 1.807) is 24.3 Å². The van der Waals surface area contributed by atoms with E-state index < -0.39 is 0 Å². The van der Waals surface area contributed by atoms with Crippen LogP contribution in [0.5, 0.6) is 0 Å². The average Bonchev–Trinajstić information content (AvgIpc) is 3.20. The molecule has 1 aromatic carbocycles. The Kier molecular flexibility index (Phi) is 4.88. The molecule has 1 unspecified atom stereocenters. The molecule has 0 heterocycles. The summed E-state index contributed by atoms with van der Waals surface area (Å²) in [6.07, 6.45) is 2.16. The highest BCUT2D eigenvalue weighted by Crippen LogP contribution is 2.20. The van der Waals surface area contributed by atoms with Gasteiger partial charge in [0.15, 0.2) is 5.78 Å². The first-order valence-electron chi connectivity index (χ1n) is 6.27. The second-order valence-electron chi connectivity index (χ2n) is 4.67. The average molecular weight is 298 g/mol. The molecule has 1 atom stereocenters. The van der Waals surface area contributed by atoms with Crippen molar-refractivity contribution in [3.8, 4) is 0 Å². The smallest absolute Gasteiger partial charge is 0.230 e. The number of halogens is 1. The second-order valence-corrected chi connectivity index (χ2v) is 6.43. The van der Waals surface area contributed by atoms with Gasteiger partial charge in [-0.2, -0.15) is 0 Å². The molecule has 0 aromatic heterocycles. The molecule has 1 aliphatic carbocycles. The lowest BCUT2D eigenvalue weighted by Gasteiger charge is -2.10. The number of thioether (sulfide) groups is 1. The van der Waals surface area contributed by atoms with Crippen LogP contribution in [0.1, 0.15) is 30.1 Å². The first-order valence-corrected chi connectivity index (χ1v) is 7.69. The summed E-state index contributed by atoms with van der Waals surface area (Å²) in [7, 11) is 0. The van der Waals surface area contributed by atoms with Gasteiger partial charge in [-0.3, -0.25) is 9.59 Å². The largest absolute Gasteiger partial charge is 0.353 e. The molecule has 0 radical (unpaired) electrons. The normalized spacial score (nSPS) is 15.9. The molecule has 1 N–H and O–H groups in total. The molecule has 1 aliphatic rings. The lowest BCUT2D eigenvalue weighted by atomic mass is 10.1. The molecular weight excluding hydrogens is 282 g/mol. The standard InChI is InChI=1S/C14H16ClNO2S/c1-9(19-8-13(17)16-12-6-7-12)14(18)10-2-4-11(15)5-3-10/h2-5,9,12H,6-8H2,1H3,(H,16,17). The zero-order valence-electron chi connectivity index (χ0n) is 10.7. The maximum Gasteiger partial charge on any atom is 0.230 e. The number of amides is 1.